The maximum absolute atomic E-state index is 14.7. The number of carbonyl (C=O) groups is 1. The summed E-state index contributed by atoms with van der Waals surface area (Å²) < 4.78 is 20.1. The molecule has 1 unspecified atom stereocenters. The van der Waals surface area contributed by atoms with Crippen molar-refractivity contribution in [1.29, 1.82) is 0 Å². The largest absolute Gasteiger partial charge is 0.423 e. The normalized spacial score (nSPS) is 16.3. The molecule has 3 heteroatoms. The fourth-order valence-electron chi connectivity index (χ4n) is 3.51. The molecule has 0 aliphatic carbocycles. The summed E-state index contributed by atoms with van der Waals surface area (Å²) in [5.74, 6) is -0.678. The fourth-order valence-corrected chi connectivity index (χ4v) is 3.51. The first kappa shape index (κ1) is 18.6. The average molecular weight is 354 g/mol. The molecule has 1 atom stereocenters. The third kappa shape index (κ3) is 4.32. The number of aryl methyl sites for hydroxylation is 3. The Morgan fingerprint density at radius 2 is 1.85 bits per heavy atom. The van der Waals surface area contributed by atoms with Gasteiger partial charge in [-0.1, -0.05) is 61.7 Å². The third-order valence-corrected chi connectivity index (χ3v) is 5.21. The van der Waals surface area contributed by atoms with E-state index in [0.29, 0.717) is 18.4 Å². The molecule has 0 bridgehead atoms. The third-order valence-electron chi connectivity index (χ3n) is 5.21. The summed E-state index contributed by atoms with van der Waals surface area (Å²) in [6.45, 7) is 4.19. The number of hydrogen-bond donors (Lipinski definition) is 0. The topological polar surface area (TPSA) is 26.3 Å². The zero-order valence-electron chi connectivity index (χ0n) is 15.7. The summed E-state index contributed by atoms with van der Waals surface area (Å²) in [7, 11) is 0. The number of ether oxygens (including phenoxy) is 1. The van der Waals surface area contributed by atoms with Crippen LogP contribution < -0.4 is 4.74 Å². The minimum atomic E-state index is -0.344. The van der Waals surface area contributed by atoms with E-state index in [9.17, 15) is 9.18 Å². The number of esters is 1. The molecule has 3 rings (SSSR count). The Morgan fingerprint density at radius 3 is 2.58 bits per heavy atom. The van der Waals surface area contributed by atoms with Crippen molar-refractivity contribution >= 4 is 5.97 Å². The highest BCUT2D eigenvalue weighted by Crippen LogP contribution is 2.34. The first-order chi connectivity index (χ1) is 12.6. The van der Waals surface area contributed by atoms with Crippen LogP contribution >= 0.6 is 0 Å². The predicted octanol–water partition coefficient (Wildman–Crippen LogP) is 5.58. The number of halogens is 1. The molecule has 2 aromatic carbocycles. The van der Waals surface area contributed by atoms with Gasteiger partial charge in [-0.15, -0.1) is 0 Å². The molecule has 26 heavy (non-hydrogen) atoms. The van der Waals surface area contributed by atoms with Crippen molar-refractivity contribution in [3.05, 3.63) is 64.5 Å². The van der Waals surface area contributed by atoms with Crippen molar-refractivity contribution in [3.63, 3.8) is 0 Å². The van der Waals surface area contributed by atoms with Crippen molar-refractivity contribution in [3.8, 4) is 5.75 Å². The molecule has 0 saturated heterocycles. The van der Waals surface area contributed by atoms with Crippen LogP contribution in [0.5, 0.6) is 5.75 Å². The van der Waals surface area contributed by atoms with Gasteiger partial charge in [0, 0.05) is 0 Å². The average Bonchev–Trinajstić information content (AvgIpc) is 2.64. The molecule has 1 aliphatic rings. The maximum atomic E-state index is 14.7. The van der Waals surface area contributed by atoms with Gasteiger partial charge in [-0.05, 0) is 55.7 Å². The Balaban J connectivity index is 1.67. The molecule has 0 radical (unpaired) electrons. The molecule has 0 N–H and O–H groups in total. The number of benzene rings is 2. The monoisotopic (exact) mass is 354 g/mol. The van der Waals surface area contributed by atoms with Crippen molar-refractivity contribution in [2.45, 2.75) is 58.8 Å². The van der Waals surface area contributed by atoms with Gasteiger partial charge in [0.2, 0.25) is 0 Å². The number of carbonyl (C=O) groups excluding carboxylic acids is 1. The van der Waals surface area contributed by atoms with Gasteiger partial charge in [0.1, 0.15) is 0 Å². The van der Waals surface area contributed by atoms with Gasteiger partial charge in [0.25, 0.3) is 0 Å². The van der Waals surface area contributed by atoms with Crippen LogP contribution in [0.4, 0.5) is 4.39 Å². The van der Waals surface area contributed by atoms with Crippen LogP contribution in [0.25, 0.3) is 0 Å². The highest BCUT2D eigenvalue weighted by atomic mass is 19.1. The van der Waals surface area contributed by atoms with Crippen LogP contribution in [0, 0.1) is 18.7 Å². The van der Waals surface area contributed by atoms with E-state index >= 15 is 0 Å². The van der Waals surface area contributed by atoms with E-state index in [-0.39, 0.29) is 23.5 Å². The molecule has 2 aromatic rings. The van der Waals surface area contributed by atoms with Crippen LogP contribution in [0.3, 0.4) is 0 Å². The lowest BCUT2D eigenvalue weighted by Crippen LogP contribution is -2.29. The Bertz CT molecular complexity index is 765. The molecular weight excluding hydrogens is 327 g/mol. The summed E-state index contributed by atoms with van der Waals surface area (Å²) in [4.78, 5) is 12.4. The van der Waals surface area contributed by atoms with Crippen LogP contribution in [0.2, 0.25) is 0 Å². The van der Waals surface area contributed by atoms with E-state index in [2.05, 4.69) is 38.1 Å². The molecular formula is C23H27FO2. The molecule has 1 aliphatic heterocycles. The van der Waals surface area contributed by atoms with E-state index in [1.807, 2.05) is 12.1 Å². The molecule has 0 amide bonds. The summed E-state index contributed by atoms with van der Waals surface area (Å²) >= 11 is 0. The van der Waals surface area contributed by atoms with E-state index < -0.39 is 0 Å². The lowest BCUT2D eigenvalue weighted by molar-refractivity contribution is -0.140. The van der Waals surface area contributed by atoms with Crippen molar-refractivity contribution < 1.29 is 13.9 Å². The highest BCUT2D eigenvalue weighted by molar-refractivity contribution is 5.78. The smallest absolute Gasteiger partial charge is 0.314 e. The van der Waals surface area contributed by atoms with Gasteiger partial charge in [-0.25, -0.2) is 4.39 Å². The standard InChI is InChI=1S/C23H27FO2/c1-3-4-5-6-18-13-14-19-15-20(23(25)26-22(19)21(18)24)12-11-17-9-7-16(2)8-10-17/h7-10,13-14,20H,3-6,11-12,15H2,1-2H3. The Labute approximate surface area is 155 Å². The second-order valence-electron chi connectivity index (χ2n) is 7.33. The fraction of sp³-hybridized carbons (Fsp3) is 0.435. The second-order valence-corrected chi connectivity index (χ2v) is 7.33. The Hall–Kier alpha value is -2.16. The van der Waals surface area contributed by atoms with E-state index in [1.165, 1.54) is 11.1 Å². The van der Waals surface area contributed by atoms with Gasteiger partial charge in [-0.3, -0.25) is 4.79 Å². The maximum Gasteiger partial charge on any atom is 0.314 e. The number of fused-ring (bicyclic) bond motifs is 1. The van der Waals surface area contributed by atoms with Crippen molar-refractivity contribution in [2.24, 2.45) is 5.92 Å². The van der Waals surface area contributed by atoms with Crippen LogP contribution in [0.15, 0.2) is 36.4 Å². The predicted molar refractivity (Wildman–Crippen MR) is 102 cm³/mol. The van der Waals surface area contributed by atoms with Crippen LogP contribution in [-0.2, 0) is 24.1 Å². The van der Waals surface area contributed by atoms with E-state index in [4.69, 9.17) is 4.74 Å². The molecule has 0 fully saturated rings. The quantitative estimate of drug-likeness (QED) is 0.369. The van der Waals surface area contributed by atoms with Gasteiger partial charge in [-0.2, -0.15) is 0 Å². The number of unbranched alkanes of at least 4 members (excludes halogenated alkanes) is 2. The molecule has 0 saturated carbocycles. The lowest BCUT2D eigenvalue weighted by Gasteiger charge is -2.24. The van der Waals surface area contributed by atoms with Crippen LogP contribution in [-0.4, -0.2) is 5.97 Å². The lowest BCUT2D eigenvalue weighted by atomic mass is 9.89. The first-order valence-electron chi connectivity index (χ1n) is 9.66. The van der Waals surface area contributed by atoms with Crippen molar-refractivity contribution in [2.75, 3.05) is 0 Å². The first-order valence-corrected chi connectivity index (χ1v) is 9.66. The van der Waals surface area contributed by atoms with Crippen molar-refractivity contribution in [1.82, 2.24) is 0 Å². The van der Waals surface area contributed by atoms with Gasteiger partial charge in [0.15, 0.2) is 11.6 Å². The minimum Gasteiger partial charge on any atom is -0.423 e. The number of rotatable bonds is 7. The van der Waals surface area contributed by atoms with Gasteiger partial charge in [0.05, 0.1) is 5.92 Å². The molecule has 0 aromatic heterocycles. The van der Waals surface area contributed by atoms with Gasteiger partial charge >= 0.3 is 5.97 Å². The summed E-state index contributed by atoms with van der Waals surface area (Å²) in [6, 6.07) is 12.2. The minimum absolute atomic E-state index is 0.163. The molecule has 1 heterocycles. The zero-order chi connectivity index (χ0) is 18.5. The SMILES string of the molecule is CCCCCc1ccc2c(c1F)OC(=O)C(CCc1ccc(C)cc1)C2. The highest BCUT2D eigenvalue weighted by Gasteiger charge is 2.30. The molecule has 138 valence electrons. The van der Waals surface area contributed by atoms with Gasteiger partial charge < -0.3 is 4.74 Å². The van der Waals surface area contributed by atoms with E-state index in [1.54, 1.807) is 0 Å². The molecule has 2 nitrogen and oxygen atoms in total. The molecule has 0 spiro atoms. The second kappa shape index (κ2) is 8.48. The Kier molecular flexibility index (Phi) is 6.08. The summed E-state index contributed by atoms with van der Waals surface area (Å²) in [5, 5.41) is 0. The van der Waals surface area contributed by atoms with E-state index in [0.717, 1.165) is 37.7 Å². The Morgan fingerprint density at radius 1 is 1.08 bits per heavy atom. The summed E-state index contributed by atoms with van der Waals surface area (Å²) in [5.41, 5.74) is 3.91. The zero-order valence-corrected chi connectivity index (χ0v) is 15.7. The number of hydrogen-bond acceptors (Lipinski definition) is 2. The van der Waals surface area contributed by atoms with Crippen LogP contribution in [0.1, 0.15) is 54.9 Å². The summed E-state index contributed by atoms with van der Waals surface area (Å²) in [6.07, 6.45) is 5.95.